The maximum atomic E-state index is 13.1. The number of nitrogens with zero attached hydrogens (tertiary/aromatic N) is 3. The molecule has 146 valence electrons. The standard InChI is InChI=1S/C20H15N3O6/c1-2-20(26)13-7-15-16-11(8-22(15)18(24)12(13)9-29-19(20)25)17(23(27)28)10-5-3-4-6-14(10)21-16/h3-7,26H,2,8-9H2,1H3/t20-/m0/s1. The van der Waals surface area contributed by atoms with E-state index in [0.29, 0.717) is 27.9 Å². The van der Waals surface area contributed by atoms with Gasteiger partial charge in [0.25, 0.3) is 11.2 Å². The minimum atomic E-state index is -1.94. The topological polar surface area (TPSA) is 125 Å². The van der Waals surface area contributed by atoms with Crippen LogP contribution in [0.4, 0.5) is 5.69 Å². The maximum absolute atomic E-state index is 13.1. The fraction of sp³-hybridized carbons (Fsp3) is 0.250. The fourth-order valence-corrected chi connectivity index (χ4v) is 4.22. The third kappa shape index (κ3) is 2.16. The van der Waals surface area contributed by atoms with Gasteiger partial charge in [-0.05, 0) is 24.6 Å². The molecule has 0 aliphatic carbocycles. The second-order valence-electron chi connectivity index (χ2n) is 7.16. The number of pyridine rings is 2. The zero-order valence-electron chi connectivity index (χ0n) is 15.3. The highest BCUT2D eigenvalue weighted by Crippen LogP contribution is 2.42. The summed E-state index contributed by atoms with van der Waals surface area (Å²) in [4.78, 5) is 41.3. The van der Waals surface area contributed by atoms with E-state index in [2.05, 4.69) is 4.98 Å². The number of hydrogen-bond donors (Lipinski definition) is 1. The molecule has 0 amide bonds. The first kappa shape index (κ1) is 17.5. The molecule has 1 N–H and O–H groups in total. The first-order valence-corrected chi connectivity index (χ1v) is 9.10. The highest BCUT2D eigenvalue weighted by molar-refractivity contribution is 5.94. The molecule has 2 aliphatic rings. The van der Waals surface area contributed by atoms with Crippen LogP contribution in [-0.4, -0.2) is 25.6 Å². The average Bonchev–Trinajstić information content (AvgIpc) is 3.07. The molecular weight excluding hydrogens is 378 g/mol. The van der Waals surface area contributed by atoms with Crippen LogP contribution in [0, 0.1) is 10.1 Å². The fourth-order valence-electron chi connectivity index (χ4n) is 4.22. The molecule has 29 heavy (non-hydrogen) atoms. The summed E-state index contributed by atoms with van der Waals surface area (Å²) in [6, 6.07) is 8.26. The van der Waals surface area contributed by atoms with E-state index in [1.807, 2.05) is 0 Å². The van der Waals surface area contributed by atoms with Crippen LogP contribution in [-0.2, 0) is 28.3 Å². The van der Waals surface area contributed by atoms with Crippen LogP contribution in [0.3, 0.4) is 0 Å². The highest BCUT2D eigenvalue weighted by Gasteiger charge is 2.45. The molecule has 0 saturated carbocycles. The van der Waals surface area contributed by atoms with Crippen molar-refractivity contribution < 1.29 is 19.6 Å². The lowest BCUT2D eigenvalue weighted by Gasteiger charge is -2.31. The predicted octanol–water partition coefficient (Wildman–Crippen LogP) is 1.99. The summed E-state index contributed by atoms with van der Waals surface area (Å²) in [7, 11) is 0. The van der Waals surface area contributed by atoms with Crippen LogP contribution >= 0.6 is 0 Å². The van der Waals surface area contributed by atoms with Crippen LogP contribution in [0.25, 0.3) is 22.3 Å². The second-order valence-corrected chi connectivity index (χ2v) is 7.16. The lowest BCUT2D eigenvalue weighted by atomic mass is 9.86. The quantitative estimate of drug-likeness (QED) is 0.314. The molecule has 1 atom stereocenters. The summed E-state index contributed by atoms with van der Waals surface area (Å²) in [6.07, 6.45) is 0.0277. The van der Waals surface area contributed by atoms with Crippen molar-refractivity contribution in [3.63, 3.8) is 0 Å². The summed E-state index contributed by atoms with van der Waals surface area (Å²) in [5.74, 6) is -0.812. The Hall–Kier alpha value is -3.59. The van der Waals surface area contributed by atoms with Crippen molar-refractivity contribution in [1.29, 1.82) is 0 Å². The lowest BCUT2D eigenvalue weighted by molar-refractivity contribution is -0.383. The number of esters is 1. The number of fused-ring (bicyclic) bond motifs is 5. The van der Waals surface area contributed by atoms with Gasteiger partial charge >= 0.3 is 5.97 Å². The van der Waals surface area contributed by atoms with Crippen molar-refractivity contribution in [3.05, 3.63) is 67.5 Å². The zero-order chi connectivity index (χ0) is 20.5. The number of benzene rings is 1. The van der Waals surface area contributed by atoms with E-state index in [1.54, 1.807) is 31.2 Å². The number of cyclic esters (lactones) is 1. The van der Waals surface area contributed by atoms with Gasteiger partial charge in [-0.3, -0.25) is 14.9 Å². The normalized spacial score (nSPS) is 19.4. The number of nitro groups is 1. The van der Waals surface area contributed by atoms with Crippen LogP contribution in [0.5, 0.6) is 0 Å². The number of carbonyl (C=O) groups is 1. The molecule has 0 bridgehead atoms. The molecular formula is C20H15N3O6. The van der Waals surface area contributed by atoms with Crippen LogP contribution < -0.4 is 5.56 Å². The molecule has 0 radical (unpaired) electrons. The van der Waals surface area contributed by atoms with Gasteiger partial charge in [-0.25, -0.2) is 9.78 Å². The van der Waals surface area contributed by atoms with E-state index in [0.717, 1.165) is 0 Å². The van der Waals surface area contributed by atoms with Gasteiger partial charge in [0.15, 0.2) is 5.60 Å². The second kappa shape index (κ2) is 5.71. The molecule has 1 aromatic carbocycles. The number of carbonyl (C=O) groups excluding carboxylic acids is 1. The van der Waals surface area contributed by atoms with Crippen LogP contribution in [0.15, 0.2) is 35.1 Å². The lowest BCUT2D eigenvalue weighted by Crippen LogP contribution is -2.44. The summed E-state index contributed by atoms with van der Waals surface area (Å²) in [5.41, 5.74) is -0.698. The van der Waals surface area contributed by atoms with Gasteiger partial charge in [-0.15, -0.1) is 0 Å². The SMILES string of the molecule is CC[C@@]1(O)C(=O)OCc2c1cc1n(c2=O)Cc2c-1nc1ccccc1c2[N+](=O)[O-]. The van der Waals surface area contributed by atoms with E-state index in [-0.39, 0.29) is 36.4 Å². The van der Waals surface area contributed by atoms with E-state index in [9.17, 15) is 24.8 Å². The molecule has 0 unspecified atom stereocenters. The Balaban J connectivity index is 1.87. The maximum Gasteiger partial charge on any atom is 0.343 e. The summed E-state index contributed by atoms with van der Waals surface area (Å²) < 4.78 is 6.41. The molecule has 2 aromatic heterocycles. The largest absolute Gasteiger partial charge is 0.458 e. The summed E-state index contributed by atoms with van der Waals surface area (Å²) in [5, 5.41) is 23.1. The van der Waals surface area contributed by atoms with Gasteiger partial charge in [0.1, 0.15) is 6.61 Å². The number of aliphatic hydroxyl groups is 1. The molecule has 3 aromatic rings. The van der Waals surface area contributed by atoms with Gasteiger partial charge in [0, 0.05) is 5.56 Å². The smallest absolute Gasteiger partial charge is 0.343 e. The van der Waals surface area contributed by atoms with Gasteiger partial charge in [-0.1, -0.05) is 19.1 Å². The van der Waals surface area contributed by atoms with Crippen molar-refractivity contribution in [2.75, 3.05) is 0 Å². The molecule has 4 heterocycles. The number of para-hydroxylation sites is 1. The number of hydrogen-bond acceptors (Lipinski definition) is 7. The summed E-state index contributed by atoms with van der Waals surface area (Å²) in [6.45, 7) is 1.36. The van der Waals surface area contributed by atoms with E-state index in [4.69, 9.17) is 4.74 Å². The van der Waals surface area contributed by atoms with Crippen molar-refractivity contribution in [1.82, 2.24) is 9.55 Å². The van der Waals surface area contributed by atoms with Gasteiger partial charge in [0.2, 0.25) is 0 Å². The third-order valence-corrected chi connectivity index (χ3v) is 5.75. The Labute approximate surface area is 163 Å². The molecule has 0 spiro atoms. The van der Waals surface area contributed by atoms with Gasteiger partial charge in [0.05, 0.1) is 44.9 Å². The average molecular weight is 393 g/mol. The Morgan fingerprint density at radius 1 is 1.31 bits per heavy atom. The predicted molar refractivity (Wildman–Crippen MR) is 101 cm³/mol. The van der Waals surface area contributed by atoms with Crippen molar-refractivity contribution in [3.8, 4) is 11.4 Å². The monoisotopic (exact) mass is 393 g/mol. The van der Waals surface area contributed by atoms with Crippen molar-refractivity contribution >= 4 is 22.6 Å². The number of rotatable bonds is 2. The van der Waals surface area contributed by atoms with E-state index >= 15 is 0 Å². The number of aromatic nitrogens is 2. The Morgan fingerprint density at radius 3 is 2.79 bits per heavy atom. The minimum absolute atomic E-state index is 0.0105. The van der Waals surface area contributed by atoms with Gasteiger partial charge < -0.3 is 14.4 Å². The third-order valence-electron chi connectivity index (χ3n) is 5.75. The van der Waals surface area contributed by atoms with E-state index in [1.165, 1.54) is 10.6 Å². The van der Waals surface area contributed by atoms with Crippen molar-refractivity contribution in [2.45, 2.75) is 32.1 Å². The first-order valence-electron chi connectivity index (χ1n) is 9.10. The van der Waals surface area contributed by atoms with E-state index < -0.39 is 22.1 Å². The summed E-state index contributed by atoms with van der Waals surface area (Å²) >= 11 is 0. The molecule has 0 fully saturated rings. The molecule has 2 aliphatic heterocycles. The molecule has 0 saturated heterocycles. The van der Waals surface area contributed by atoms with Crippen LogP contribution in [0.2, 0.25) is 0 Å². The van der Waals surface area contributed by atoms with Crippen LogP contribution in [0.1, 0.15) is 30.0 Å². The van der Waals surface area contributed by atoms with Crippen molar-refractivity contribution in [2.24, 2.45) is 0 Å². The Bertz CT molecular complexity index is 1310. The zero-order valence-corrected chi connectivity index (χ0v) is 15.3. The molecule has 9 heteroatoms. The molecule has 5 rings (SSSR count). The first-order chi connectivity index (χ1) is 13.9. The minimum Gasteiger partial charge on any atom is -0.458 e. The Kier molecular flexibility index (Phi) is 3.45. The highest BCUT2D eigenvalue weighted by atomic mass is 16.6. The Morgan fingerprint density at radius 2 is 2.07 bits per heavy atom. The van der Waals surface area contributed by atoms with Gasteiger partial charge in [-0.2, -0.15) is 0 Å². The number of ether oxygens (including phenoxy) is 1. The molecule has 9 nitrogen and oxygen atoms in total.